The van der Waals surface area contributed by atoms with Crippen molar-refractivity contribution in [3.63, 3.8) is 0 Å². The molecule has 0 radical (unpaired) electrons. The molecule has 166 valence electrons. The summed E-state index contributed by atoms with van der Waals surface area (Å²) in [5.41, 5.74) is 7.48. The van der Waals surface area contributed by atoms with E-state index in [1.165, 1.54) is 6.92 Å². The van der Waals surface area contributed by atoms with Crippen LogP contribution >= 0.6 is 23.2 Å². The fraction of sp³-hybridized carbons (Fsp3) is 0.286. The number of esters is 1. The summed E-state index contributed by atoms with van der Waals surface area (Å²) in [6.45, 7) is 3.40. The number of oxime groups is 1. The first-order chi connectivity index (χ1) is 14.8. The number of nitrogens with zero attached hydrogens (tertiary/aromatic N) is 1. The van der Waals surface area contributed by atoms with Crippen LogP contribution in [-0.4, -0.2) is 36.6 Å². The number of carbonyl (C=O) groups excluding carboxylic acids is 2. The van der Waals surface area contributed by atoms with Crippen LogP contribution < -0.4 is 16.4 Å². The van der Waals surface area contributed by atoms with E-state index in [4.69, 9.17) is 38.5 Å². The van der Waals surface area contributed by atoms with E-state index in [1.54, 1.807) is 43.3 Å². The number of amidine groups is 1. The van der Waals surface area contributed by atoms with Crippen LogP contribution in [0.5, 0.6) is 0 Å². The molecule has 0 spiro atoms. The standard InChI is InChI=1S/C21H24Cl2N4O4/c1-3-30-20(28)13(2)31-27-19(24)18(12-14-4-6-15(22)7-5-14)26-21(29)25-17-10-8-16(23)9-11-17/h4-11,13,18H,3,12H2,1-2H3,(H2,24,27)(H2,25,26,29)/t13-,18+/m1/s1. The number of amides is 2. The molecule has 8 nitrogen and oxygen atoms in total. The number of ether oxygens (including phenoxy) is 1. The number of hydrogen-bond acceptors (Lipinski definition) is 5. The summed E-state index contributed by atoms with van der Waals surface area (Å²) >= 11 is 11.8. The van der Waals surface area contributed by atoms with Gasteiger partial charge in [0, 0.05) is 22.2 Å². The zero-order chi connectivity index (χ0) is 22.8. The van der Waals surface area contributed by atoms with E-state index in [2.05, 4.69) is 15.8 Å². The largest absolute Gasteiger partial charge is 0.463 e. The summed E-state index contributed by atoms with van der Waals surface area (Å²) in [7, 11) is 0. The highest BCUT2D eigenvalue weighted by atomic mass is 35.5. The Morgan fingerprint density at radius 2 is 1.65 bits per heavy atom. The molecule has 0 bridgehead atoms. The van der Waals surface area contributed by atoms with E-state index in [1.807, 2.05) is 12.1 Å². The molecule has 4 N–H and O–H groups in total. The van der Waals surface area contributed by atoms with Crippen LogP contribution in [0.1, 0.15) is 19.4 Å². The number of carbonyl (C=O) groups is 2. The van der Waals surface area contributed by atoms with E-state index < -0.39 is 24.1 Å². The van der Waals surface area contributed by atoms with Crippen molar-refractivity contribution >= 4 is 46.7 Å². The summed E-state index contributed by atoms with van der Waals surface area (Å²) in [5, 5.41) is 10.4. The smallest absolute Gasteiger partial charge is 0.349 e. The molecule has 2 rings (SSSR count). The molecule has 0 unspecified atom stereocenters. The van der Waals surface area contributed by atoms with Crippen molar-refractivity contribution in [2.24, 2.45) is 10.9 Å². The molecule has 0 saturated carbocycles. The third-order valence-corrected chi connectivity index (χ3v) is 4.56. The molecule has 2 aromatic carbocycles. The molecule has 0 aromatic heterocycles. The van der Waals surface area contributed by atoms with Gasteiger partial charge in [0.05, 0.1) is 12.6 Å². The van der Waals surface area contributed by atoms with Crippen molar-refractivity contribution in [1.29, 1.82) is 0 Å². The Morgan fingerprint density at radius 3 is 2.23 bits per heavy atom. The maximum atomic E-state index is 12.5. The quantitative estimate of drug-likeness (QED) is 0.224. The number of rotatable bonds is 9. The number of nitrogens with two attached hydrogens (primary N) is 1. The molecule has 10 heteroatoms. The topological polar surface area (TPSA) is 115 Å². The van der Waals surface area contributed by atoms with Crippen molar-refractivity contribution in [2.75, 3.05) is 11.9 Å². The minimum absolute atomic E-state index is 0.0163. The third-order valence-electron chi connectivity index (χ3n) is 4.05. The second kappa shape index (κ2) is 12.0. The van der Waals surface area contributed by atoms with Crippen molar-refractivity contribution in [1.82, 2.24) is 5.32 Å². The number of anilines is 1. The zero-order valence-corrected chi connectivity index (χ0v) is 18.6. The highest BCUT2D eigenvalue weighted by Gasteiger charge is 2.20. The lowest BCUT2D eigenvalue weighted by Crippen LogP contribution is -2.47. The number of hydrogen-bond donors (Lipinski definition) is 3. The van der Waals surface area contributed by atoms with Gasteiger partial charge in [-0.15, -0.1) is 0 Å². The van der Waals surface area contributed by atoms with Gasteiger partial charge in [-0.1, -0.05) is 40.5 Å². The van der Waals surface area contributed by atoms with E-state index in [-0.39, 0.29) is 12.4 Å². The second-order valence-corrected chi connectivity index (χ2v) is 7.38. The molecule has 0 fully saturated rings. The molecule has 2 atom stereocenters. The summed E-state index contributed by atoms with van der Waals surface area (Å²) in [5.74, 6) is -0.584. The van der Waals surface area contributed by atoms with Gasteiger partial charge in [0.2, 0.25) is 6.10 Å². The fourth-order valence-electron chi connectivity index (χ4n) is 2.45. The Balaban J connectivity index is 2.11. The van der Waals surface area contributed by atoms with Crippen LogP contribution in [0, 0.1) is 0 Å². The molecule has 31 heavy (non-hydrogen) atoms. The summed E-state index contributed by atoms with van der Waals surface area (Å²) in [6.07, 6.45) is -0.630. The number of benzene rings is 2. The van der Waals surface area contributed by atoms with Gasteiger partial charge in [-0.25, -0.2) is 9.59 Å². The van der Waals surface area contributed by atoms with E-state index in [9.17, 15) is 9.59 Å². The Labute approximate surface area is 190 Å². The van der Waals surface area contributed by atoms with Crippen molar-refractivity contribution < 1.29 is 19.2 Å². The van der Waals surface area contributed by atoms with Crippen LogP contribution in [0.4, 0.5) is 10.5 Å². The Kier molecular flexibility index (Phi) is 9.42. The molecule has 0 aliphatic heterocycles. The number of halogens is 2. The van der Waals surface area contributed by atoms with Crippen LogP contribution in [0.25, 0.3) is 0 Å². The highest BCUT2D eigenvalue weighted by Crippen LogP contribution is 2.14. The van der Waals surface area contributed by atoms with Crippen LogP contribution in [0.15, 0.2) is 53.7 Å². The Hall–Kier alpha value is -2.97. The minimum atomic E-state index is -0.947. The predicted molar refractivity (Wildman–Crippen MR) is 121 cm³/mol. The molecule has 2 aromatic rings. The zero-order valence-electron chi connectivity index (χ0n) is 17.1. The third kappa shape index (κ3) is 8.35. The van der Waals surface area contributed by atoms with Gasteiger partial charge >= 0.3 is 12.0 Å². The maximum absolute atomic E-state index is 12.5. The molecular weight excluding hydrogens is 443 g/mol. The molecule has 0 aliphatic carbocycles. The second-order valence-electron chi connectivity index (χ2n) is 6.50. The molecule has 2 amide bonds. The van der Waals surface area contributed by atoms with Crippen molar-refractivity contribution in [2.45, 2.75) is 32.4 Å². The van der Waals surface area contributed by atoms with Gasteiger partial charge in [-0.2, -0.15) is 0 Å². The lowest BCUT2D eigenvalue weighted by atomic mass is 10.1. The van der Waals surface area contributed by atoms with Gasteiger partial charge in [-0.3, -0.25) is 0 Å². The monoisotopic (exact) mass is 466 g/mol. The average Bonchev–Trinajstić information content (AvgIpc) is 2.74. The first-order valence-electron chi connectivity index (χ1n) is 9.51. The molecule has 0 saturated heterocycles. The average molecular weight is 467 g/mol. The van der Waals surface area contributed by atoms with Crippen LogP contribution in [-0.2, 0) is 20.8 Å². The van der Waals surface area contributed by atoms with E-state index >= 15 is 0 Å². The summed E-state index contributed by atoms with van der Waals surface area (Å²) in [6, 6.07) is 12.5. The van der Waals surface area contributed by atoms with E-state index in [0.29, 0.717) is 22.2 Å². The number of urea groups is 1. The van der Waals surface area contributed by atoms with Crippen LogP contribution in [0.2, 0.25) is 10.0 Å². The molecule has 0 heterocycles. The minimum Gasteiger partial charge on any atom is -0.463 e. The number of nitrogens with one attached hydrogen (secondary N) is 2. The van der Waals surface area contributed by atoms with Gasteiger partial charge in [0.1, 0.15) is 0 Å². The fourth-order valence-corrected chi connectivity index (χ4v) is 2.70. The lowest BCUT2D eigenvalue weighted by Gasteiger charge is -2.19. The Morgan fingerprint density at radius 1 is 1.06 bits per heavy atom. The summed E-state index contributed by atoms with van der Waals surface area (Å²) in [4.78, 5) is 29.3. The molecule has 0 aliphatic rings. The van der Waals surface area contributed by atoms with E-state index in [0.717, 1.165) is 5.56 Å². The Bertz CT molecular complexity index is 905. The SMILES string of the molecule is CCOC(=O)[C@@H](C)O/N=C(\N)[C@H](Cc1ccc(Cl)cc1)NC(=O)Nc1ccc(Cl)cc1. The van der Waals surface area contributed by atoms with Gasteiger partial charge in [0.25, 0.3) is 0 Å². The lowest BCUT2D eigenvalue weighted by molar-refractivity contribution is -0.155. The predicted octanol–water partition coefficient (Wildman–Crippen LogP) is 3.97. The van der Waals surface area contributed by atoms with Gasteiger partial charge < -0.3 is 25.9 Å². The van der Waals surface area contributed by atoms with Gasteiger partial charge in [-0.05, 0) is 55.8 Å². The van der Waals surface area contributed by atoms with Crippen LogP contribution in [0.3, 0.4) is 0 Å². The molecular formula is C21H24Cl2N4O4. The first kappa shape index (κ1) is 24.3. The van der Waals surface area contributed by atoms with Crippen molar-refractivity contribution in [3.8, 4) is 0 Å². The summed E-state index contributed by atoms with van der Waals surface area (Å²) < 4.78 is 4.87. The maximum Gasteiger partial charge on any atom is 0.349 e. The van der Waals surface area contributed by atoms with Gasteiger partial charge in [0.15, 0.2) is 5.84 Å². The first-order valence-corrected chi connectivity index (χ1v) is 10.3. The highest BCUT2D eigenvalue weighted by molar-refractivity contribution is 6.30. The normalized spacial score (nSPS) is 13.1. The van der Waals surface area contributed by atoms with Crippen molar-refractivity contribution in [3.05, 3.63) is 64.1 Å².